The molecule has 1 aliphatic rings. The summed E-state index contributed by atoms with van der Waals surface area (Å²) in [6.45, 7) is 5.26. The van der Waals surface area contributed by atoms with E-state index in [1.54, 1.807) is 48.5 Å². The van der Waals surface area contributed by atoms with E-state index in [0.717, 1.165) is 16.0 Å². The molecular weight excluding hydrogens is 560 g/mol. The molecule has 4 aromatic rings. The Labute approximate surface area is 255 Å². The van der Waals surface area contributed by atoms with Gasteiger partial charge in [0.15, 0.2) is 23.0 Å². The van der Waals surface area contributed by atoms with Crippen molar-refractivity contribution in [1.82, 2.24) is 5.32 Å². The van der Waals surface area contributed by atoms with Crippen molar-refractivity contribution in [3.8, 4) is 23.0 Å². The lowest BCUT2D eigenvalue weighted by Crippen LogP contribution is -2.54. The number of carbonyl (C=O) groups is 3. The maximum atomic E-state index is 13.2. The summed E-state index contributed by atoms with van der Waals surface area (Å²) in [5.41, 5.74) is 2.63. The summed E-state index contributed by atoms with van der Waals surface area (Å²) in [5, 5.41) is 2.24. The Kier molecular flexibility index (Phi) is 9.56. The summed E-state index contributed by atoms with van der Waals surface area (Å²) < 4.78 is 23.8. The number of carbonyl (C=O) groups excluding carboxylic acids is 3. The molecule has 1 aliphatic heterocycles. The molecule has 4 amide bonds. The lowest BCUT2D eigenvalue weighted by atomic mass is 10.1. The van der Waals surface area contributed by atoms with Crippen molar-refractivity contribution in [2.24, 2.45) is 0 Å². The molecule has 1 fully saturated rings. The quantitative estimate of drug-likeness (QED) is 0.152. The van der Waals surface area contributed by atoms with Crippen LogP contribution >= 0.6 is 0 Å². The molecule has 1 N–H and O–H groups in total. The van der Waals surface area contributed by atoms with E-state index in [1.165, 1.54) is 6.08 Å². The van der Waals surface area contributed by atoms with Crippen molar-refractivity contribution in [3.05, 3.63) is 119 Å². The smallest absolute Gasteiger partial charge is 0.335 e. The van der Waals surface area contributed by atoms with Crippen molar-refractivity contribution in [3.63, 3.8) is 0 Å². The summed E-state index contributed by atoms with van der Waals surface area (Å²) >= 11 is 0. The zero-order valence-corrected chi connectivity index (χ0v) is 24.4. The molecule has 0 saturated carbocycles. The molecule has 9 heteroatoms. The maximum Gasteiger partial charge on any atom is 0.335 e. The number of benzene rings is 4. The second-order valence-electron chi connectivity index (χ2n) is 9.71. The van der Waals surface area contributed by atoms with Gasteiger partial charge in [-0.15, -0.1) is 0 Å². The molecule has 0 bridgehead atoms. The minimum absolute atomic E-state index is 0.178. The summed E-state index contributed by atoms with van der Waals surface area (Å²) in [4.78, 5) is 39.2. The molecule has 0 aromatic heterocycles. The number of anilines is 1. The molecule has 9 nitrogen and oxygen atoms in total. The lowest BCUT2D eigenvalue weighted by Gasteiger charge is -2.26. The van der Waals surface area contributed by atoms with Crippen LogP contribution in [0.25, 0.3) is 6.08 Å². The Balaban J connectivity index is 1.32. The van der Waals surface area contributed by atoms with E-state index in [-0.39, 0.29) is 12.2 Å². The number of para-hydroxylation sites is 1. The number of imide groups is 2. The van der Waals surface area contributed by atoms with E-state index in [9.17, 15) is 14.4 Å². The topological polar surface area (TPSA) is 103 Å². The predicted molar refractivity (Wildman–Crippen MR) is 166 cm³/mol. The summed E-state index contributed by atoms with van der Waals surface area (Å²) in [6.07, 6.45) is 1.43. The Hall–Kier alpha value is -5.57. The number of nitrogens with one attached hydrogen (secondary N) is 1. The third-order valence-electron chi connectivity index (χ3n) is 6.63. The minimum atomic E-state index is -0.801. The number of urea groups is 1. The number of hydrogen-bond donors (Lipinski definition) is 1. The fraction of sp³-hybridized carbons (Fsp3) is 0.171. The van der Waals surface area contributed by atoms with Crippen molar-refractivity contribution in [2.45, 2.75) is 27.1 Å². The predicted octanol–water partition coefficient (Wildman–Crippen LogP) is 6.31. The number of ether oxygens (including phenoxy) is 4. The third-order valence-corrected chi connectivity index (χ3v) is 6.63. The standard InChI is InChI=1S/C35H32N2O7/c1-3-41-31-20-25(19-28-33(38)36-35(40)37(34(28)39)27-13-9-6-10-14-27)15-17-29(31)44-23-26-16-18-30(32(21-26)42-4-2)43-22-24-11-7-5-8-12-24/h5-21H,3-4,22-23H2,1-2H3,(H,36,38,40)/b28-19-. The molecule has 1 saturated heterocycles. The van der Waals surface area contributed by atoms with Gasteiger partial charge in [0.25, 0.3) is 11.8 Å². The van der Waals surface area contributed by atoms with Crippen LogP contribution in [0, 0.1) is 0 Å². The fourth-order valence-corrected chi connectivity index (χ4v) is 4.56. The first kappa shape index (κ1) is 29.9. The highest BCUT2D eigenvalue weighted by atomic mass is 16.5. The molecule has 224 valence electrons. The van der Waals surface area contributed by atoms with Gasteiger partial charge < -0.3 is 18.9 Å². The van der Waals surface area contributed by atoms with Gasteiger partial charge in [-0.1, -0.05) is 60.7 Å². The Bertz CT molecular complexity index is 1670. The number of nitrogens with zero attached hydrogens (tertiary/aromatic N) is 1. The Morgan fingerprint density at radius 2 is 1.23 bits per heavy atom. The first-order valence-corrected chi connectivity index (χ1v) is 14.3. The van der Waals surface area contributed by atoms with E-state index < -0.39 is 17.8 Å². The van der Waals surface area contributed by atoms with Gasteiger partial charge in [0.1, 0.15) is 18.8 Å². The van der Waals surface area contributed by atoms with E-state index in [0.29, 0.717) is 54.1 Å². The average molecular weight is 593 g/mol. The van der Waals surface area contributed by atoms with Gasteiger partial charge in [0, 0.05) is 0 Å². The largest absolute Gasteiger partial charge is 0.490 e. The van der Waals surface area contributed by atoms with E-state index in [2.05, 4.69) is 5.32 Å². The zero-order valence-electron chi connectivity index (χ0n) is 24.4. The molecule has 0 radical (unpaired) electrons. The molecule has 1 heterocycles. The highest BCUT2D eigenvalue weighted by molar-refractivity contribution is 6.39. The molecule has 0 atom stereocenters. The number of rotatable bonds is 12. The van der Waals surface area contributed by atoms with Crippen LogP contribution in [0.5, 0.6) is 23.0 Å². The van der Waals surface area contributed by atoms with Crippen LogP contribution in [-0.4, -0.2) is 31.1 Å². The van der Waals surface area contributed by atoms with Gasteiger partial charge >= 0.3 is 6.03 Å². The molecule has 44 heavy (non-hydrogen) atoms. The van der Waals surface area contributed by atoms with Crippen LogP contribution in [0.1, 0.15) is 30.5 Å². The Morgan fingerprint density at radius 1 is 0.636 bits per heavy atom. The summed E-state index contributed by atoms with van der Waals surface area (Å²) in [5.74, 6) is 0.693. The highest BCUT2D eigenvalue weighted by Gasteiger charge is 2.36. The van der Waals surface area contributed by atoms with Gasteiger partial charge in [-0.3, -0.25) is 14.9 Å². The third kappa shape index (κ3) is 7.07. The van der Waals surface area contributed by atoms with Gasteiger partial charge in [-0.25, -0.2) is 9.69 Å². The van der Waals surface area contributed by atoms with Crippen molar-refractivity contribution in [1.29, 1.82) is 0 Å². The number of amides is 4. The first-order valence-electron chi connectivity index (χ1n) is 14.3. The fourth-order valence-electron chi connectivity index (χ4n) is 4.56. The molecule has 0 unspecified atom stereocenters. The number of barbiturate groups is 1. The minimum Gasteiger partial charge on any atom is -0.490 e. The molecule has 4 aromatic carbocycles. The van der Waals surface area contributed by atoms with Crippen LogP contribution in [0.4, 0.5) is 10.5 Å². The van der Waals surface area contributed by atoms with Crippen LogP contribution in [0.15, 0.2) is 103 Å². The van der Waals surface area contributed by atoms with Crippen LogP contribution < -0.4 is 29.2 Å². The maximum absolute atomic E-state index is 13.2. The zero-order chi connectivity index (χ0) is 30.9. The normalized spacial score (nSPS) is 13.9. The van der Waals surface area contributed by atoms with Gasteiger partial charge in [-0.05, 0) is 73.0 Å². The van der Waals surface area contributed by atoms with Crippen molar-refractivity contribution < 1.29 is 33.3 Å². The SMILES string of the molecule is CCOc1cc(/C=C2/C(=O)NC(=O)N(c3ccccc3)C2=O)ccc1OCc1ccc(OCc2ccccc2)c(OCC)c1. The lowest BCUT2D eigenvalue weighted by molar-refractivity contribution is -0.122. The van der Waals surface area contributed by atoms with E-state index in [4.69, 9.17) is 18.9 Å². The van der Waals surface area contributed by atoms with Gasteiger partial charge in [-0.2, -0.15) is 0 Å². The highest BCUT2D eigenvalue weighted by Crippen LogP contribution is 2.33. The second kappa shape index (κ2) is 14.1. The molecule has 0 aliphatic carbocycles. The van der Waals surface area contributed by atoms with Crippen LogP contribution in [0.2, 0.25) is 0 Å². The van der Waals surface area contributed by atoms with Gasteiger partial charge in [0.05, 0.1) is 18.9 Å². The van der Waals surface area contributed by atoms with Crippen molar-refractivity contribution in [2.75, 3.05) is 18.1 Å². The first-order chi connectivity index (χ1) is 21.5. The monoisotopic (exact) mass is 592 g/mol. The van der Waals surface area contributed by atoms with E-state index in [1.807, 2.05) is 62.4 Å². The van der Waals surface area contributed by atoms with Crippen molar-refractivity contribution >= 4 is 29.6 Å². The van der Waals surface area contributed by atoms with Crippen LogP contribution in [0.3, 0.4) is 0 Å². The van der Waals surface area contributed by atoms with E-state index >= 15 is 0 Å². The van der Waals surface area contributed by atoms with Crippen LogP contribution in [-0.2, 0) is 22.8 Å². The molecule has 0 spiro atoms. The second-order valence-corrected chi connectivity index (χ2v) is 9.71. The van der Waals surface area contributed by atoms with Gasteiger partial charge in [0.2, 0.25) is 0 Å². The average Bonchev–Trinajstić information content (AvgIpc) is 3.03. The molecule has 5 rings (SSSR count). The Morgan fingerprint density at radius 3 is 1.89 bits per heavy atom. The summed E-state index contributed by atoms with van der Waals surface area (Å²) in [7, 11) is 0. The summed E-state index contributed by atoms with van der Waals surface area (Å²) in [6, 6.07) is 28.3. The number of hydrogen-bond acceptors (Lipinski definition) is 7. The molecular formula is C35H32N2O7.